The van der Waals surface area contributed by atoms with Gasteiger partial charge < -0.3 is 15.2 Å². The molecule has 1 aliphatic heterocycles. The van der Waals surface area contributed by atoms with Gasteiger partial charge in [0.05, 0.1) is 13.2 Å². The molecule has 2 aliphatic rings. The highest BCUT2D eigenvalue weighted by molar-refractivity contribution is 5.37. The van der Waals surface area contributed by atoms with E-state index in [1.54, 1.807) is 0 Å². The average molecular weight is 247 g/mol. The standard InChI is InChI=1S/C15H21NO2/c16-8-2-7-15(17-9-10-18-15)14-6-5-12-3-1-4-13(12)11-14/h5-6,11H,1-4,7-10,16H2. The lowest BCUT2D eigenvalue weighted by atomic mass is 9.96. The molecule has 0 atom stereocenters. The van der Waals surface area contributed by atoms with Crippen molar-refractivity contribution in [3.8, 4) is 0 Å². The number of nitrogens with two attached hydrogens (primary N) is 1. The molecular formula is C15H21NO2. The fraction of sp³-hybridized carbons (Fsp3) is 0.600. The summed E-state index contributed by atoms with van der Waals surface area (Å²) in [6.45, 7) is 2.04. The molecule has 1 saturated heterocycles. The molecule has 2 N–H and O–H groups in total. The van der Waals surface area contributed by atoms with Gasteiger partial charge in [-0.05, 0) is 43.4 Å². The Kier molecular flexibility index (Phi) is 3.37. The van der Waals surface area contributed by atoms with Crippen LogP contribution in [-0.4, -0.2) is 19.8 Å². The Morgan fingerprint density at radius 1 is 1.11 bits per heavy atom. The van der Waals surface area contributed by atoms with Crippen molar-refractivity contribution in [3.63, 3.8) is 0 Å². The molecule has 1 fully saturated rings. The number of aryl methyl sites for hydroxylation is 2. The zero-order chi connectivity index (χ0) is 12.4. The molecule has 0 bridgehead atoms. The molecule has 1 aromatic carbocycles. The fourth-order valence-corrected chi connectivity index (χ4v) is 3.05. The lowest BCUT2D eigenvalue weighted by Gasteiger charge is -2.28. The number of hydrogen-bond acceptors (Lipinski definition) is 3. The van der Waals surface area contributed by atoms with Gasteiger partial charge in [-0.25, -0.2) is 0 Å². The topological polar surface area (TPSA) is 44.5 Å². The second-order valence-corrected chi connectivity index (χ2v) is 5.18. The van der Waals surface area contributed by atoms with Gasteiger partial charge in [0, 0.05) is 12.0 Å². The van der Waals surface area contributed by atoms with Gasteiger partial charge in [-0.1, -0.05) is 18.2 Å². The van der Waals surface area contributed by atoms with E-state index in [1.165, 1.54) is 36.0 Å². The van der Waals surface area contributed by atoms with Crippen molar-refractivity contribution >= 4 is 0 Å². The maximum atomic E-state index is 5.91. The van der Waals surface area contributed by atoms with Crippen LogP contribution in [0.3, 0.4) is 0 Å². The summed E-state index contributed by atoms with van der Waals surface area (Å²) >= 11 is 0. The highest BCUT2D eigenvalue weighted by Crippen LogP contribution is 2.37. The molecule has 0 saturated carbocycles. The molecule has 1 aromatic rings. The summed E-state index contributed by atoms with van der Waals surface area (Å²) in [5.74, 6) is -0.531. The summed E-state index contributed by atoms with van der Waals surface area (Å²) in [6.07, 6.45) is 5.46. The summed E-state index contributed by atoms with van der Waals surface area (Å²) in [5.41, 5.74) is 9.76. The second kappa shape index (κ2) is 5.00. The van der Waals surface area contributed by atoms with E-state index in [-0.39, 0.29) is 0 Å². The Hall–Kier alpha value is -0.900. The van der Waals surface area contributed by atoms with Gasteiger partial charge in [-0.2, -0.15) is 0 Å². The first-order chi connectivity index (χ1) is 8.84. The van der Waals surface area contributed by atoms with E-state index in [9.17, 15) is 0 Å². The smallest absolute Gasteiger partial charge is 0.195 e. The quantitative estimate of drug-likeness (QED) is 0.886. The van der Waals surface area contributed by atoms with Gasteiger partial charge in [0.15, 0.2) is 5.79 Å². The minimum Gasteiger partial charge on any atom is -0.343 e. The van der Waals surface area contributed by atoms with Crippen LogP contribution in [-0.2, 0) is 28.1 Å². The molecule has 0 radical (unpaired) electrons. The summed E-state index contributed by atoms with van der Waals surface area (Å²) in [6, 6.07) is 6.70. The predicted molar refractivity (Wildman–Crippen MR) is 70.3 cm³/mol. The first-order valence-corrected chi connectivity index (χ1v) is 6.94. The normalized spacial score (nSPS) is 21.2. The first kappa shape index (κ1) is 12.2. The predicted octanol–water partition coefficient (Wildman–Crippen LogP) is 2.11. The van der Waals surface area contributed by atoms with Crippen molar-refractivity contribution in [1.29, 1.82) is 0 Å². The summed E-state index contributed by atoms with van der Waals surface area (Å²) in [5, 5.41) is 0. The van der Waals surface area contributed by atoms with Crippen molar-refractivity contribution in [1.82, 2.24) is 0 Å². The van der Waals surface area contributed by atoms with Crippen LogP contribution in [0.2, 0.25) is 0 Å². The SMILES string of the molecule is NCCCC1(c2ccc3c(c2)CCC3)OCCO1. The molecule has 3 rings (SSSR count). The monoisotopic (exact) mass is 247 g/mol. The Balaban J connectivity index is 1.90. The molecule has 3 heteroatoms. The fourth-order valence-electron chi connectivity index (χ4n) is 3.05. The number of benzene rings is 1. The van der Waals surface area contributed by atoms with Crippen LogP contribution in [0.15, 0.2) is 18.2 Å². The molecule has 0 amide bonds. The van der Waals surface area contributed by atoms with E-state index in [2.05, 4.69) is 18.2 Å². The maximum absolute atomic E-state index is 5.91. The second-order valence-electron chi connectivity index (χ2n) is 5.18. The van der Waals surface area contributed by atoms with Crippen molar-refractivity contribution in [2.45, 2.75) is 37.9 Å². The van der Waals surface area contributed by atoms with Crippen molar-refractivity contribution in [2.24, 2.45) is 5.73 Å². The van der Waals surface area contributed by atoms with E-state index in [0.717, 1.165) is 12.8 Å². The van der Waals surface area contributed by atoms with E-state index >= 15 is 0 Å². The van der Waals surface area contributed by atoms with E-state index in [0.29, 0.717) is 19.8 Å². The summed E-state index contributed by atoms with van der Waals surface area (Å²) < 4.78 is 11.8. The van der Waals surface area contributed by atoms with Crippen LogP contribution < -0.4 is 5.73 Å². The highest BCUT2D eigenvalue weighted by Gasteiger charge is 2.38. The van der Waals surface area contributed by atoms with Crippen LogP contribution in [0.5, 0.6) is 0 Å². The van der Waals surface area contributed by atoms with Gasteiger partial charge >= 0.3 is 0 Å². The van der Waals surface area contributed by atoms with Gasteiger partial charge in [-0.15, -0.1) is 0 Å². The van der Waals surface area contributed by atoms with E-state index in [4.69, 9.17) is 15.2 Å². The Labute approximate surface area is 108 Å². The van der Waals surface area contributed by atoms with Crippen molar-refractivity contribution in [2.75, 3.05) is 19.8 Å². The van der Waals surface area contributed by atoms with Crippen LogP contribution in [0.1, 0.15) is 36.0 Å². The largest absolute Gasteiger partial charge is 0.343 e. The first-order valence-electron chi connectivity index (χ1n) is 6.94. The van der Waals surface area contributed by atoms with Gasteiger partial charge in [0.1, 0.15) is 0 Å². The zero-order valence-electron chi connectivity index (χ0n) is 10.8. The van der Waals surface area contributed by atoms with Gasteiger partial charge in [-0.3, -0.25) is 0 Å². The van der Waals surface area contributed by atoms with Crippen molar-refractivity contribution < 1.29 is 9.47 Å². The van der Waals surface area contributed by atoms with Crippen LogP contribution in [0.25, 0.3) is 0 Å². The van der Waals surface area contributed by atoms with Crippen molar-refractivity contribution in [3.05, 3.63) is 34.9 Å². The van der Waals surface area contributed by atoms with Crippen LogP contribution in [0.4, 0.5) is 0 Å². The molecule has 0 unspecified atom stereocenters. The summed E-state index contributed by atoms with van der Waals surface area (Å²) in [4.78, 5) is 0. The molecule has 0 spiro atoms. The Morgan fingerprint density at radius 3 is 2.67 bits per heavy atom. The van der Waals surface area contributed by atoms with E-state index < -0.39 is 5.79 Å². The van der Waals surface area contributed by atoms with Crippen LogP contribution in [0, 0.1) is 0 Å². The molecule has 18 heavy (non-hydrogen) atoms. The minimum absolute atomic E-state index is 0.531. The molecule has 1 heterocycles. The average Bonchev–Trinajstić information content (AvgIpc) is 3.05. The Bertz CT molecular complexity index is 425. The van der Waals surface area contributed by atoms with Gasteiger partial charge in [0.2, 0.25) is 0 Å². The molecule has 3 nitrogen and oxygen atoms in total. The third-order valence-corrected chi connectivity index (χ3v) is 4.00. The molecule has 0 aromatic heterocycles. The zero-order valence-corrected chi connectivity index (χ0v) is 10.8. The minimum atomic E-state index is -0.531. The molecule has 98 valence electrons. The van der Waals surface area contributed by atoms with Crippen LogP contribution >= 0.6 is 0 Å². The lowest BCUT2D eigenvalue weighted by molar-refractivity contribution is -0.171. The van der Waals surface area contributed by atoms with Gasteiger partial charge in [0.25, 0.3) is 0 Å². The number of hydrogen-bond donors (Lipinski definition) is 1. The summed E-state index contributed by atoms with van der Waals surface area (Å²) in [7, 11) is 0. The number of fused-ring (bicyclic) bond motifs is 1. The number of rotatable bonds is 4. The lowest BCUT2D eigenvalue weighted by Crippen LogP contribution is -2.28. The number of ether oxygens (including phenoxy) is 2. The highest BCUT2D eigenvalue weighted by atomic mass is 16.7. The van der Waals surface area contributed by atoms with E-state index in [1.807, 2.05) is 0 Å². The molecular weight excluding hydrogens is 226 g/mol. The third kappa shape index (κ3) is 2.07. The Morgan fingerprint density at radius 2 is 1.89 bits per heavy atom. The third-order valence-electron chi connectivity index (χ3n) is 4.00. The maximum Gasteiger partial charge on any atom is 0.195 e. The molecule has 1 aliphatic carbocycles.